The molecule has 0 aliphatic heterocycles. The fourth-order valence-corrected chi connectivity index (χ4v) is 4.40. The Kier molecular flexibility index (Phi) is 8.60. The SMILES string of the molecule is CN(C(=O)O)c1ccc(CNC(=O)C(Cc2ccccc2)n2ccc(-c3cc(Cl)ccc3[N+](=O)[O-])cc2=O)cc1. The Balaban J connectivity index is 1.61. The number of carbonyl (C=O) groups is 2. The molecule has 40 heavy (non-hydrogen) atoms. The third-order valence-electron chi connectivity index (χ3n) is 6.40. The van der Waals surface area contributed by atoms with Crippen LogP contribution in [0.1, 0.15) is 17.2 Å². The van der Waals surface area contributed by atoms with Gasteiger partial charge in [-0.25, -0.2) is 4.79 Å². The van der Waals surface area contributed by atoms with E-state index >= 15 is 0 Å². The van der Waals surface area contributed by atoms with Gasteiger partial charge in [0, 0.05) is 49.1 Å². The highest BCUT2D eigenvalue weighted by molar-refractivity contribution is 6.31. The topological polar surface area (TPSA) is 135 Å². The molecule has 0 aliphatic rings. The summed E-state index contributed by atoms with van der Waals surface area (Å²) in [7, 11) is 1.43. The predicted octanol–water partition coefficient (Wildman–Crippen LogP) is 5.29. The van der Waals surface area contributed by atoms with Crippen LogP contribution in [0.2, 0.25) is 5.02 Å². The van der Waals surface area contributed by atoms with Gasteiger partial charge in [0.2, 0.25) is 5.91 Å². The van der Waals surface area contributed by atoms with Gasteiger partial charge in [-0.3, -0.25) is 24.6 Å². The lowest BCUT2D eigenvalue weighted by Crippen LogP contribution is -2.38. The molecule has 0 bridgehead atoms. The maximum atomic E-state index is 13.4. The van der Waals surface area contributed by atoms with Crippen molar-refractivity contribution >= 4 is 35.0 Å². The highest BCUT2D eigenvalue weighted by Gasteiger charge is 2.23. The molecule has 11 heteroatoms. The summed E-state index contributed by atoms with van der Waals surface area (Å²) in [4.78, 5) is 49.9. The van der Waals surface area contributed by atoms with E-state index in [0.717, 1.165) is 16.0 Å². The van der Waals surface area contributed by atoms with E-state index in [2.05, 4.69) is 5.32 Å². The molecule has 2 amide bonds. The van der Waals surface area contributed by atoms with Gasteiger partial charge < -0.3 is 15.0 Å². The minimum Gasteiger partial charge on any atom is -0.465 e. The van der Waals surface area contributed by atoms with Gasteiger partial charge in [-0.1, -0.05) is 54.1 Å². The van der Waals surface area contributed by atoms with Gasteiger partial charge in [0.1, 0.15) is 6.04 Å². The molecule has 1 unspecified atom stereocenters. The summed E-state index contributed by atoms with van der Waals surface area (Å²) in [5.41, 5.74) is 1.86. The number of pyridine rings is 1. The van der Waals surface area contributed by atoms with Crippen LogP contribution in [-0.4, -0.2) is 33.6 Å². The van der Waals surface area contributed by atoms with Crippen LogP contribution in [0, 0.1) is 10.1 Å². The number of nitrogens with one attached hydrogen (secondary N) is 1. The number of anilines is 1. The summed E-state index contributed by atoms with van der Waals surface area (Å²) in [5.74, 6) is -0.404. The average molecular weight is 561 g/mol. The fourth-order valence-electron chi connectivity index (χ4n) is 4.22. The molecular weight excluding hydrogens is 536 g/mol. The molecule has 10 nitrogen and oxygen atoms in total. The third kappa shape index (κ3) is 6.54. The largest absolute Gasteiger partial charge is 0.465 e. The van der Waals surface area contributed by atoms with Crippen molar-refractivity contribution in [1.82, 2.24) is 9.88 Å². The number of hydrogen-bond acceptors (Lipinski definition) is 5. The Morgan fingerprint density at radius 1 is 1.02 bits per heavy atom. The quantitative estimate of drug-likeness (QED) is 0.211. The highest BCUT2D eigenvalue weighted by Crippen LogP contribution is 2.32. The standard InChI is InChI=1S/C29H25ClN4O6/c1-32(29(37)38)23-10-7-20(8-11-23)18-31-28(36)26(15-19-5-3-2-4-6-19)33-14-13-21(16-27(33)35)24-17-22(30)9-12-25(24)34(39)40/h2-14,16-17,26H,15,18H2,1H3,(H,31,36)(H,37,38). The molecule has 0 radical (unpaired) electrons. The molecule has 0 saturated heterocycles. The third-order valence-corrected chi connectivity index (χ3v) is 6.64. The van der Waals surface area contributed by atoms with Crippen LogP contribution in [0.4, 0.5) is 16.2 Å². The minimum absolute atomic E-state index is 0.155. The van der Waals surface area contributed by atoms with Gasteiger partial charge in [-0.15, -0.1) is 0 Å². The number of hydrogen-bond donors (Lipinski definition) is 2. The molecule has 204 valence electrons. The molecule has 1 atom stereocenters. The monoisotopic (exact) mass is 560 g/mol. The van der Waals surface area contributed by atoms with Crippen LogP contribution in [0.15, 0.2) is 95.9 Å². The Morgan fingerprint density at radius 3 is 2.35 bits per heavy atom. The number of carboxylic acid groups (broad SMARTS) is 1. The lowest BCUT2D eigenvalue weighted by atomic mass is 10.0. The first-order valence-corrected chi connectivity index (χ1v) is 12.6. The van der Waals surface area contributed by atoms with Crippen LogP contribution < -0.4 is 15.8 Å². The van der Waals surface area contributed by atoms with E-state index in [4.69, 9.17) is 16.7 Å². The summed E-state index contributed by atoms with van der Waals surface area (Å²) in [6.45, 7) is 0.155. The summed E-state index contributed by atoms with van der Waals surface area (Å²) in [5, 5.41) is 23.8. The van der Waals surface area contributed by atoms with Crippen LogP contribution in [0.5, 0.6) is 0 Å². The number of nitro benzene ring substituents is 1. The number of nitrogens with zero attached hydrogens (tertiary/aromatic N) is 3. The van der Waals surface area contributed by atoms with Gasteiger partial charge >= 0.3 is 6.09 Å². The Morgan fingerprint density at radius 2 is 1.73 bits per heavy atom. The normalized spacial score (nSPS) is 11.4. The maximum Gasteiger partial charge on any atom is 0.411 e. The molecule has 0 spiro atoms. The molecule has 0 saturated carbocycles. The first kappa shape index (κ1) is 28.1. The molecule has 0 fully saturated rings. The van der Waals surface area contributed by atoms with Crippen molar-refractivity contribution in [3.63, 3.8) is 0 Å². The van der Waals surface area contributed by atoms with E-state index in [1.54, 1.807) is 30.3 Å². The Labute approximate surface area is 234 Å². The molecule has 1 heterocycles. The van der Waals surface area contributed by atoms with Gasteiger partial charge in [-0.2, -0.15) is 0 Å². The Bertz CT molecular complexity index is 1610. The van der Waals surface area contributed by atoms with Crippen molar-refractivity contribution in [3.05, 3.63) is 128 Å². The van der Waals surface area contributed by atoms with Crippen molar-refractivity contribution in [2.45, 2.75) is 19.0 Å². The van der Waals surface area contributed by atoms with Gasteiger partial charge in [0.05, 0.1) is 10.5 Å². The lowest BCUT2D eigenvalue weighted by Gasteiger charge is -2.20. The molecule has 1 aromatic heterocycles. The van der Waals surface area contributed by atoms with E-state index in [1.165, 1.54) is 42.1 Å². The number of benzene rings is 3. The van der Waals surface area contributed by atoms with Crippen LogP contribution >= 0.6 is 11.6 Å². The molecule has 2 N–H and O–H groups in total. The molecular formula is C29H25ClN4O6. The lowest BCUT2D eigenvalue weighted by molar-refractivity contribution is -0.384. The Hall–Kier alpha value is -4.96. The second-order valence-corrected chi connectivity index (χ2v) is 9.45. The van der Waals surface area contributed by atoms with Crippen molar-refractivity contribution in [2.75, 3.05) is 11.9 Å². The molecule has 4 rings (SSSR count). The van der Waals surface area contributed by atoms with Crippen LogP contribution in [-0.2, 0) is 17.8 Å². The summed E-state index contributed by atoms with van der Waals surface area (Å²) >= 11 is 6.06. The highest BCUT2D eigenvalue weighted by atomic mass is 35.5. The van der Waals surface area contributed by atoms with Crippen LogP contribution in [0.3, 0.4) is 0 Å². The number of nitro groups is 1. The van der Waals surface area contributed by atoms with E-state index in [1.807, 2.05) is 30.3 Å². The second-order valence-electron chi connectivity index (χ2n) is 9.01. The molecule has 4 aromatic rings. The zero-order chi connectivity index (χ0) is 28.8. The second kappa shape index (κ2) is 12.3. The number of aromatic nitrogens is 1. The van der Waals surface area contributed by atoms with Crippen molar-refractivity contribution in [1.29, 1.82) is 0 Å². The summed E-state index contributed by atoms with van der Waals surface area (Å²) in [6, 6.07) is 21.9. The van der Waals surface area contributed by atoms with Crippen LogP contribution in [0.25, 0.3) is 11.1 Å². The first-order valence-electron chi connectivity index (χ1n) is 12.2. The number of carbonyl (C=O) groups excluding carboxylic acids is 1. The predicted molar refractivity (Wildman–Crippen MR) is 152 cm³/mol. The maximum absolute atomic E-state index is 13.4. The van der Waals surface area contributed by atoms with E-state index in [-0.39, 0.29) is 29.2 Å². The zero-order valence-corrected chi connectivity index (χ0v) is 22.1. The molecule has 0 aliphatic carbocycles. The zero-order valence-electron chi connectivity index (χ0n) is 21.4. The average Bonchev–Trinajstić information content (AvgIpc) is 2.95. The van der Waals surface area contributed by atoms with Gasteiger partial charge in [-0.05, 0) is 47.0 Å². The number of halogens is 1. The fraction of sp³-hybridized carbons (Fsp3) is 0.138. The van der Waals surface area contributed by atoms with E-state index in [0.29, 0.717) is 11.3 Å². The van der Waals surface area contributed by atoms with Crippen molar-refractivity contribution in [2.24, 2.45) is 0 Å². The first-order chi connectivity index (χ1) is 19.1. The van der Waals surface area contributed by atoms with Crippen molar-refractivity contribution < 1.29 is 19.6 Å². The number of amides is 2. The van der Waals surface area contributed by atoms with Crippen molar-refractivity contribution in [3.8, 4) is 11.1 Å². The number of rotatable bonds is 9. The summed E-state index contributed by atoms with van der Waals surface area (Å²) < 4.78 is 1.30. The van der Waals surface area contributed by atoms with E-state index < -0.39 is 28.5 Å². The van der Waals surface area contributed by atoms with Gasteiger partial charge in [0.25, 0.3) is 11.2 Å². The van der Waals surface area contributed by atoms with E-state index in [9.17, 15) is 24.5 Å². The summed E-state index contributed by atoms with van der Waals surface area (Å²) in [6.07, 6.45) is 0.587. The minimum atomic E-state index is -1.09. The van der Waals surface area contributed by atoms with Gasteiger partial charge in [0.15, 0.2) is 0 Å². The molecule has 3 aromatic carbocycles. The smallest absolute Gasteiger partial charge is 0.411 e.